The van der Waals surface area contributed by atoms with Crippen LogP contribution in [0.4, 0.5) is 10.5 Å². The van der Waals surface area contributed by atoms with Gasteiger partial charge >= 0.3 is 6.03 Å². The summed E-state index contributed by atoms with van der Waals surface area (Å²) in [5.74, 6) is 0.130. The highest BCUT2D eigenvalue weighted by atomic mass is 35.5. The van der Waals surface area contributed by atoms with Gasteiger partial charge in [0.1, 0.15) is 5.58 Å². The molecule has 0 bridgehead atoms. The number of halogens is 1. The van der Waals surface area contributed by atoms with Crippen molar-refractivity contribution >= 4 is 40.2 Å². The zero-order valence-corrected chi connectivity index (χ0v) is 18.0. The molecule has 0 unspecified atom stereocenters. The van der Waals surface area contributed by atoms with Gasteiger partial charge < -0.3 is 24.3 Å². The molecule has 1 aromatic heterocycles. The zero-order chi connectivity index (χ0) is 21.8. The summed E-state index contributed by atoms with van der Waals surface area (Å²) < 4.78 is 11.2. The van der Waals surface area contributed by atoms with E-state index in [4.69, 9.17) is 20.8 Å². The Morgan fingerprint density at radius 2 is 1.74 bits per heavy atom. The largest absolute Gasteiger partial charge is 0.451 e. The van der Waals surface area contributed by atoms with Crippen LogP contribution >= 0.6 is 11.6 Å². The Balaban J connectivity index is 1.45. The number of hydrogen-bond donors (Lipinski definition) is 1. The number of amides is 3. The van der Waals surface area contributed by atoms with Gasteiger partial charge in [0.25, 0.3) is 5.91 Å². The first-order valence-electron chi connectivity index (χ1n) is 10.2. The summed E-state index contributed by atoms with van der Waals surface area (Å²) in [6.07, 6.45) is 0.680. The van der Waals surface area contributed by atoms with Crippen molar-refractivity contribution in [3.05, 3.63) is 64.9 Å². The monoisotopic (exact) mass is 441 g/mol. The summed E-state index contributed by atoms with van der Waals surface area (Å²) in [5, 5.41) is 4.37. The third-order valence-corrected chi connectivity index (χ3v) is 5.60. The number of nitrogens with one attached hydrogen (secondary N) is 1. The van der Waals surface area contributed by atoms with Crippen LogP contribution in [-0.2, 0) is 11.3 Å². The van der Waals surface area contributed by atoms with Gasteiger partial charge in [-0.25, -0.2) is 4.79 Å². The lowest BCUT2D eigenvalue weighted by Gasteiger charge is -2.22. The first-order chi connectivity index (χ1) is 15.1. The minimum atomic E-state index is -0.194. The summed E-state index contributed by atoms with van der Waals surface area (Å²) in [4.78, 5) is 29.4. The molecule has 1 saturated heterocycles. The molecular formula is C23H24ClN3O4. The van der Waals surface area contributed by atoms with E-state index in [0.29, 0.717) is 61.3 Å². The summed E-state index contributed by atoms with van der Waals surface area (Å²) in [5.41, 5.74) is 2.10. The van der Waals surface area contributed by atoms with E-state index in [0.717, 1.165) is 10.9 Å². The van der Waals surface area contributed by atoms with E-state index in [9.17, 15) is 9.59 Å². The number of benzene rings is 2. The van der Waals surface area contributed by atoms with Crippen LogP contribution in [0.1, 0.15) is 22.5 Å². The van der Waals surface area contributed by atoms with Gasteiger partial charge in [0.2, 0.25) is 0 Å². The third kappa shape index (κ3) is 4.68. The van der Waals surface area contributed by atoms with E-state index in [2.05, 4.69) is 5.32 Å². The standard InChI is InChI=1S/C23H24ClN3O4/c1-30-15-19-18-5-2-3-6-20(18)31-21(19)22(28)26-11-4-12-27(14-13-26)23(29)25-17-9-7-16(24)8-10-17/h2-3,5-10H,4,11-15H2,1H3,(H,25,29). The molecule has 2 aromatic carbocycles. The molecule has 8 heteroatoms. The molecule has 1 N–H and O–H groups in total. The number of hydrogen-bond acceptors (Lipinski definition) is 4. The van der Waals surface area contributed by atoms with Crippen LogP contribution < -0.4 is 5.32 Å². The van der Waals surface area contributed by atoms with Crippen LogP contribution in [-0.4, -0.2) is 55.0 Å². The first kappa shape index (κ1) is 21.2. The molecule has 3 aromatic rings. The number of methoxy groups -OCH3 is 1. The summed E-state index contributed by atoms with van der Waals surface area (Å²) in [6.45, 7) is 2.27. The number of ether oxygens (including phenoxy) is 1. The number of nitrogens with zero attached hydrogens (tertiary/aromatic N) is 2. The average molecular weight is 442 g/mol. The molecule has 0 aliphatic carbocycles. The van der Waals surface area contributed by atoms with Crippen LogP contribution in [0.15, 0.2) is 52.9 Å². The van der Waals surface area contributed by atoms with Crippen LogP contribution in [0.3, 0.4) is 0 Å². The Morgan fingerprint density at radius 3 is 2.52 bits per heavy atom. The van der Waals surface area contributed by atoms with Crippen molar-refractivity contribution in [2.24, 2.45) is 0 Å². The topological polar surface area (TPSA) is 75.0 Å². The van der Waals surface area contributed by atoms with Crippen molar-refractivity contribution in [3.63, 3.8) is 0 Å². The Labute approximate surface area is 185 Å². The highest BCUT2D eigenvalue weighted by Gasteiger charge is 2.28. The summed E-state index contributed by atoms with van der Waals surface area (Å²) in [7, 11) is 1.60. The van der Waals surface area contributed by atoms with Crippen molar-refractivity contribution in [1.82, 2.24) is 9.80 Å². The molecule has 3 amide bonds. The maximum atomic E-state index is 13.3. The molecule has 1 fully saturated rings. The second-order valence-corrected chi connectivity index (χ2v) is 7.85. The molecule has 31 heavy (non-hydrogen) atoms. The van der Waals surface area contributed by atoms with Crippen molar-refractivity contribution in [3.8, 4) is 0 Å². The molecule has 0 atom stereocenters. The lowest BCUT2D eigenvalue weighted by Crippen LogP contribution is -2.39. The number of para-hydroxylation sites is 1. The summed E-state index contributed by atoms with van der Waals surface area (Å²) >= 11 is 5.90. The molecular weight excluding hydrogens is 418 g/mol. The van der Waals surface area contributed by atoms with Gasteiger partial charge in [-0.15, -0.1) is 0 Å². The predicted octanol–water partition coefficient (Wildman–Crippen LogP) is 4.61. The maximum Gasteiger partial charge on any atom is 0.321 e. The fourth-order valence-corrected chi connectivity index (χ4v) is 3.89. The second kappa shape index (κ2) is 9.41. The molecule has 1 aliphatic rings. The molecule has 162 valence electrons. The fraction of sp³-hybridized carbons (Fsp3) is 0.304. The first-order valence-corrected chi connectivity index (χ1v) is 10.5. The van der Waals surface area contributed by atoms with E-state index in [1.807, 2.05) is 24.3 Å². The quantitative estimate of drug-likeness (QED) is 0.641. The van der Waals surface area contributed by atoms with Crippen molar-refractivity contribution in [2.75, 3.05) is 38.6 Å². The second-order valence-electron chi connectivity index (χ2n) is 7.41. The van der Waals surface area contributed by atoms with E-state index in [1.165, 1.54) is 0 Å². The van der Waals surface area contributed by atoms with Gasteiger partial charge in [-0.1, -0.05) is 29.8 Å². The third-order valence-electron chi connectivity index (χ3n) is 5.35. The minimum Gasteiger partial charge on any atom is -0.451 e. The molecule has 0 spiro atoms. The minimum absolute atomic E-state index is 0.178. The van der Waals surface area contributed by atoms with Crippen LogP contribution in [0.5, 0.6) is 0 Å². The van der Waals surface area contributed by atoms with E-state index in [-0.39, 0.29) is 11.9 Å². The lowest BCUT2D eigenvalue weighted by molar-refractivity contribution is 0.0726. The zero-order valence-electron chi connectivity index (χ0n) is 17.3. The molecule has 0 saturated carbocycles. The van der Waals surface area contributed by atoms with Crippen LogP contribution in [0.2, 0.25) is 5.02 Å². The highest BCUT2D eigenvalue weighted by Crippen LogP contribution is 2.28. The van der Waals surface area contributed by atoms with Gasteiger partial charge in [-0.05, 0) is 36.8 Å². The van der Waals surface area contributed by atoms with Crippen LogP contribution in [0, 0.1) is 0 Å². The van der Waals surface area contributed by atoms with E-state index < -0.39 is 0 Å². The number of anilines is 1. The van der Waals surface area contributed by atoms with Gasteiger partial charge in [0.15, 0.2) is 5.76 Å². The number of urea groups is 1. The molecule has 0 radical (unpaired) electrons. The smallest absolute Gasteiger partial charge is 0.321 e. The summed E-state index contributed by atoms with van der Waals surface area (Å²) in [6, 6.07) is 14.3. The lowest BCUT2D eigenvalue weighted by atomic mass is 10.1. The van der Waals surface area contributed by atoms with Crippen molar-refractivity contribution in [2.45, 2.75) is 13.0 Å². The Morgan fingerprint density at radius 1 is 1.03 bits per heavy atom. The maximum absolute atomic E-state index is 13.3. The SMILES string of the molecule is COCc1c(C(=O)N2CCCN(C(=O)Nc3ccc(Cl)cc3)CC2)oc2ccccc12. The molecule has 4 rings (SSSR count). The van der Waals surface area contributed by atoms with E-state index >= 15 is 0 Å². The van der Waals surface area contributed by atoms with Gasteiger partial charge in [0.05, 0.1) is 6.61 Å². The number of carbonyl (C=O) groups is 2. The highest BCUT2D eigenvalue weighted by molar-refractivity contribution is 6.30. The van der Waals surface area contributed by atoms with Gasteiger partial charge in [-0.3, -0.25) is 4.79 Å². The number of carbonyl (C=O) groups excluding carboxylic acids is 2. The Bertz CT molecular complexity index is 1080. The average Bonchev–Trinajstić information content (AvgIpc) is 2.96. The number of rotatable bonds is 4. The fourth-order valence-electron chi connectivity index (χ4n) is 3.76. The Hall–Kier alpha value is -3.03. The Kier molecular flexibility index (Phi) is 6.44. The predicted molar refractivity (Wildman–Crippen MR) is 119 cm³/mol. The molecule has 7 nitrogen and oxygen atoms in total. The van der Waals surface area contributed by atoms with E-state index in [1.54, 1.807) is 41.2 Å². The molecule has 2 heterocycles. The van der Waals surface area contributed by atoms with Gasteiger partial charge in [-0.2, -0.15) is 0 Å². The molecule has 1 aliphatic heterocycles. The van der Waals surface area contributed by atoms with Crippen molar-refractivity contribution < 1.29 is 18.7 Å². The normalized spacial score (nSPS) is 14.5. The number of fused-ring (bicyclic) bond motifs is 1. The number of furan rings is 1. The van der Waals surface area contributed by atoms with Crippen LogP contribution in [0.25, 0.3) is 11.0 Å². The van der Waals surface area contributed by atoms with Crippen molar-refractivity contribution in [1.29, 1.82) is 0 Å². The van der Waals surface area contributed by atoms with Gasteiger partial charge in [0, 0.05) is 54.9 Å².